The molecule has 0 bridgehead atoms. The Bertz CT molecular complexity index is 388. The molecule has 0 saturated carbocycles. The Hall–Kier alpha value is -1.35. The van der Waals surface area contributed by atoms with Gasteiger partial charge >= 0.3 is 0 Å². The van der Waals surface area contributed by atoms with Gasteiger partial charge in [-0.25, -0.2) is 0 Å². The van der Waals surface area contributed by atoms with Crippen LogP contribution in [0.25, 0.3) is 0 Å². The van der Waals surface area contributed by atoms with Gasteiger partial charge in [0.05, 0.1) is 0 Å². The molecular weight excluding hydrogens is 202 g/mol. The second-order valence-corrected chi connectivity index (χ2v) is 3.33. The molecule has 0 aromatic heterocycles. The van der Waals surface area contributed by atoms with Gasteiger partial charge in [-0.2, -0.15) is 0 Å². The fourth-order valence-corrected chi connectivity index (χ4v) is 1.19. The zero-order valence-electron chi connectivity index (χ0n) is 7.93. The molecule has 0 unspecified atom stereocenters. The van der Waals surface area contributed by atoms with Crippen molar-refractivity contribution in [1.82, 2.24) is 0 Å². The van der Waals surface area contributed by atoms with E-state index in [-0.39, 0.29) is 5.91 Å². The van der Waals surface area contributed by atoms with E-state index in [1.54, 1.807) is 18.2 Å². The maximum atomic E-state index is 10.8. The molecular formula is C10H10ClNO2. The summed E-state index contributed by atoms with van der Waals surface area (Å²) in [6.45, 7) is 3.25. The molecule has 3 nitrogen and oxygen atoms in total. The predicted molar refractivity (Wildman–Crippen MR) is 55.7 cm³/mol. The average Bonchev–Trinajstić information content (AvgIpc) is 2.07. The van der Waals surface area contributed by atoms with E-state index < -0.39 is 5.24 Å². The lowest BCUT2D eigenvalue weighted by molar-refractivity contribution is -0.114. The minimum atomic E-state index is -0.531. The largest absolute Gasteiger partial charge is 0.326 e. The highest BCUT2D eigenvalue weighted by molar-refractivity contribution is 6.67. The Morgan fingerprint density at radius 2 is 2.00 bits per heavy atom. The number of amides is 1. The van der Waals surface area contributed by atoms with Gasteiger partial charge in [0, 0.05) is 18.2 Å². The number of carbonyl (C=O) groups excluding carboxylic acids is 2. The van der Waals surface area contributed by atoms with Crippen molar-refractivity contribution >= 4 is 28.4 Å². The van der Waals surface area contributed by atoms with Crippen molar-refractivity contribution in [3.63, 3.8) is 0 Å². The monoisotopic (exact) mass is 211 g/mol. The van der Waals surface area contributed by atoms with E-state index in [2.05, 4.69) is 5.32 Å². The number of benzene rings is 1. The number of nitrogens with one attached hydrogen (secondary N) is 1. The summed E-state index contributed by atoms with van der Waals surface area (Å²) >= 11 is 5.31. The Morgan fingerprint density at radius 1 is 1.36 bits per heavy atom. The maximum absolute atomic E-state index is 10.8. The lowest BCUT2D eigenvalue weighted by atomic mass is 10.1. The summed E-state index contributed by atoms with van der Waals surface area (Å²) in [5, 5.41) is 2.09. The van der Waals surface area contributed by atoms with Crippen molar-refractivity contribution in [2.75, 3.05) is 5.32 Å². The number of halogens is 1. The summed E-state index contributed by atoms with van der Waals surface area (Å²) in [6.07, 6.45) is 0. The van der Waals surface area contributed by atoms with Gasteiger partial charge in [0.2, 0.25) is 5.91 Å². The van der Waals surface area contributed by atoms with E-state index in [0.717, 1.165) is 5.56 Å². The number of rotatable bonds is 2. The lowest BCUT2D eigenvalue weighted by Crippen LogP contribution is -2.07. The number of anilines is 1. The molecule has 1 amide bonds. The van der Waals surface area contributed by atoms with Gasteiger partial charge in [-0.05, 0) is 36.2 Å². The zero-order chi connectivity index (χ0) is 10.7. The van der Waals surface area contributed by atoms with Crippen molar-refractivity contribution in [3.8, 4) is 0 Å². The normalized spacial score (nSPS) is 9.64. The Balaban J connectivity index is 3.08. The summed E-state index contributed by atoms with van der Waals surface area (Å²) < 4.78 is 0. The molecule has 74 valence electrons. The van der Waals surface area contributed by atoms with Crippen LogP contribution in [0.2, 0.25) is 0 Å². The van der Waals surface area contributed by atoms with Crippen LogP contribution in [0.5, 0.6) is 0 Å². The van der Waals surface area contributed by atoms with Gasteiger partial charge in [0.25, 0.3) is 5.24 Å². The molecule has 1 rings (SSSR count). The predicted octanol–water partition coefficient (Wildman–Crippen LogP) is 2.33. The van der Waals surface area contributed by atoms with Gasteiger partial charge < -0.3 is 5.32 Å². The third-order valence-corrected chi connectivity index (χ3v) is 1.99. The minimum absolute atomic E-state index is 0.174. The Morgan fingerprint density at radius 3 is 2.50 bits per heavy atom. The Labute approximate surface area is 87.1 Å². The van der Waals surface area contributed by atoms with Crippen molar-refractivity contribution in [1.29, 1.82) is 0 Å². The van der Waals surface area contributed by atoms with Crippen LogP contribution in [0, 0.1) is 6.92 Å². The molecule has 0 aliphatic rings. The molecule has 0 fully saturated rings. The van der Waals surface area contributed by atoms with Crippen molar-refractivity contribution in [3.05, 3.63) is 29.3 Å². The molecule has 0 aliphatic heterocycles. The van der Waals surface area contributed by atoms with Crippen LogP contribution >= 0.6 is 11.6 Å². The molecule has 1 aromatic rings. The van der Waals surface area contributed by atoms with E-state index in [1.165, 1.54) is 6.92 Å². The summed E-state index contributed by atoms with van der Waals surface area (Å²) in [5.41, 5.74) is 1.88. The SMILES string of the molecule is CC(=O)Nc1cc(C(=O)Cl)ccc1C. The molecule has 1 N–H and O–H groups in total. The van der Waals surface area contributed by atoms with Crippen molar-refractivity contribution in [2.24, 2.45) is 0 Å². The second kappa shape index (κ2) is 4.24. The molecule has 14 heavy (non-hydrogen) atoms. The first-order chi connectivity index (χ1) is 6.50. The number of aryl methyl sites for hydroxylation is 1. The third kappa shape index (κ3) is 2.57. The minimum Gasteiger partial charge on any atom is -0.326 e. The first-order valence-corrected chi connectivity index (χ1v) is 4.46. The maximum Gasteiger partial charge on any atom is 0.252 e. The van der Waals surface area contributed by atoms with E-state index >= 15 is 0 Å². The van der Waals surface area contributed by atoms with Crippen LogP contribution in [0.3, 0.4) is 0 Å². The second-order valence-electron chi connectivity index (χ2n) is 2.98. The van der Waals surface area contributed by atoms with Crippen LogP contribution in [-0.2, 0) is 4.79 Å². The van der Waals surface area contributed by atoms with Crippen LogP contribution in [0.15, 0.2) is 18.2 Å². The van der Waals surface area contributed by atoms with Crippen LogP contribution < -0.4 is 5.32 Å². The first kappa shape index (κ1) is 10.7. The van der Waals surface area contributed by atoms with Gasteiger partial charge in [0.15, 0.2) is 0 Å². The fourth-order valence-electron chi connectivity index (χ4n) is 1.07. The lowest BCUT2D eigenvalue weighted by Gasteiger charge is -2.06. The number of hydrogen-bond acceptors (Lipinski definition) is 2. The quantitative estimate of drug-likeness (QED) is 0.764. The summed E-state index contributed by atoms with van der Waals surface area (Å²) in [7, 11) is 0. The average molecular weight is 212 g/mol. The highest BCUT2D eigenvalue weighted by Crippen LogP contribution is 2.17. The number of hydrogen-bond donors (Lipinski definition) is 1. The highest BCUT2D eigenvalue weighted by Gasteiger charge is 2.05. The first-order valence-electron chi connectivity index (χ1n) is 4.09. The molecule has 0 atom stereocenters. The van der Waals surface area contributed by atoms with Crippen LogP contribution in [0.4, 0.5) is 5.69 Å². The van der Waals surface area contributed by atoms with E-state index in [0.29, 0.717) is 11.3 Å². The zero-order valence-corrected chi connectivity index (χ0v) is 8.68. The highest BCUT2D eigenvalue weighted by atomic mass is 35.5. The topological polar surface area (TPSA) is 46.2 Å². The molecule has 4 heteroatoms. The Kier molecular flexibility index (Phi) is 3.25. The molecule has 0 saturated heterocycles. The van der Waals surface area contributed by atoms with Crippen molar-refractivity contribution in [2.45, 2.75) is 13.8 Å². The van der Waals surface area contributed by atoms with Crippen LogP contribution in [-0.4, -0.2) is 11.1 Å². The molecule has 1 aromatic carbocycles. The van der Waals surface area contributed by atoms with Gasteiger partial charge in [-0.3, -0.25) is 9.59 Å². The molecule has 0 heterocycles. The summed E-state index contributed by atoms with van der Waals surface area (Å²) in [5.74, 6) is -0.174. The molecule has 0 aliphatic carbocycles. The molecule has 0 radical (unpaired) electrons. The molecule has 0 spiro atoms. The van der Waals surface area contributed by atoms with Gasteiger partial charge in [-0.1, -0.05) is 6.07 Å². The standard InChI is InChI=1S/C10H10ClNO2/c1-6-3-4-8(10(11)14)5-9(6)12-7(2)13/h3-5H,1-2H3,(H,12,13). The summed E-state index contributed by atoms with van der Waals surface area (Å²) in [6, 6.07) is 4.92. The smallest absolute Gasteiger partial charge is 0.252 e. The van der Waals surface area contributed by atoms with E-state index in [9.17, 15) is 9.59 Å². The summed E-state index contributed by atoms with van der Waals surface area (Å²) in [4.78, 5) is 21.7. The van der Waals surface area contributed by atoms with Gasteiger partial charge in [0.1, 0.15) is 0 Å². The van der Waals surface area contributed by atoms with Crippen molar-refractivity contribution < 1.29 is 9.59 Å². The fraction of sp³-hybridized carbons (Fsp3) is 0.200. The van der Waals surface area contributed by atoms with Gasteiger partial charge in [-0.15, -0.1) is 0 Å². The third-order valence-electron chi connectivity index (χ3n) is 1.78. The van der Waals surface area contributed by atoms with Crippen LogP contribution in [0.1, 0.15) is 22.8 Å². The number of carbonyl (C=O) groups is 2. The van der Waals surface area contributed by atoms with E-state index in [1.807, 2.05) is 6.92 Å². The van der Waals surface area contributed by atoms with E-state index in [4.69, 9.17) is 11.6 Å².